The molecule has 0 N–H and O–H groups in total. The fourth-order valence-corrected chi connectivity index (χ4v) is 3.94. The third kappa shape index (κ3) is 4.29. The second kappa shape index (κ2) is 8.43. The number of ketones is 1. The van der Waals surface area contributed by atoms with Gasteiger partial charge >= 0.3 is 0 Å². The summed E-state index contributed by atoms with van der Waals surface area (Å²) in [7, 11) is 0. The molecule has 148 valence electrons. The summed E-state index contributed by atoms with van der Waals surface area (Å²) in [6, 6.07) is 15.3. The lowest BCUT2D eigenvalue weighted by molar-refractivity contribution is -0.113. The van der Waals surface area contributed by atoms with Crippen LogP contribution in [-0.4, -0.2) is 28.0 Å². The highest BCUT2D eigenvalue weighted by Crippen LogP contribution is 2.33. The van der Waals surface area contributed by atoms with Crippen LogP contribution in [0.5, 0.6) is 5.75 Å². The van der Waals surface area contributed by atoms with Crippen LogP contribution in [0.3, 0.4) is 0 Å². The summed E-state index contributed by atoms with van der Waals surface area (Å²) < 4.78 is 7.64. The molecule has 4 rings (SSSR count). The smallest absolute Gasteiger partial charge is 0.196 e. The average molecular weight is 388 g/mol. The SMILES string of the molecule is CC(C=O)Oc1cccc2c1CCC(Cn1cc(C(=O)c3ccccc3)cn1)C2. The summed E-state index contributed by atoms with van der Waals surface area (Å²) in [5, 5.41) is 4.41. The van der Waals surface area contributed by atoms with Crippen LogP contribution >= 0.6 is 0 Å². The van der Waals surface area contributed by atoms with Crippen molar-refractivity contribution in [3.63, 3.8) is 0 Å². The van der Waals surface area contributed by atoms with Crippen molar-refractivity contribution < 1.29 is 14.3 Å². The molecule has 3 aromatic rings. The van der Waals surface area contributed by atoms with Gasteiger partial charge in [0.1, 0.15) is 5.75 Å². The molecule has 0 fully saturated rings. The molecule has 0 radical (unpaired) electrons. The van der Waals surface area contributed by atoms with E-state index in [1.807, 2.05) is 53.3 Å². The molecular weight excluding hydrogens is 364 g/mol. The van der Waals surface area contributed by atoms with Gasteiger partial charge in [-0.25, -0.2) is 0 Å². The van der Waals surface area contributed by atoms with Crippen molar-refractivity contribution in [2.24, 2.45) is 5.92 Å². The van der Waals surface area contributed by atoms with Gasteiger partial charge in [-0.1, -0.05) is 42.5 Å². The van der Waals surface area contributed by atoms with E-state index in [2.05, 4.69) is 11.2 Å². The Balaban J connectivity index is 1.44. The normalized spacial score (nSPS) is 16.7. The number of carbonyl (C=O) groups is 2. The summed E-state index contributed by atoms with van der Waals surface area (Å²) in [4.78, 5) is 23.5. The van der Waals surface area contributed by atoms with Crippen molar-refractivity contribution in [3.05, 3.63) is 83.2 Å². The van der Waals surface area contributed by atoms with E-state index in [4.69, 9.17) is 4.74 Å². The highest BCUT2D eigenvalue weighted by molar-refractivity contribution is 6.08. The molecule has 5 heteroatoms. The van der Waals surface area contributed by atoms with E-state index in [1.165, 1.54) is 11.1 Å². The quantitative estimate of drug-likeness (QED) is 0.455. The van der Waals surface area contributed by atoms with E-state index < -0.39 is 6.10 Å². The van der Waals surface area contributed by atoms with Crippen LogP contribution in [0, 0.1) is 5.92 Å². The molecule has 2 unspecified atom stereocenters. The summed E-state index contributed by atoms with van der Waals surface area (Å²) in [5.74, 6) is 1.26. The zero-order valence-corrected chi connectivity index (χ0v) is 16.5. The number of fused-ring (bicyclic) bond motifs is 1. The zero-order chi connectivity index (χ0) is 20.2. The molecule has 0 bridgehead atoms. The van der Waals surface area contributed by atoms with Crippen LogP contribution < -0.4 is 4.74 Å². The first-order valence-electron chi connectivity index (χ1n) is 9.99. The van der Waals surface area contributed by atoms with Crippen LogP contribution in [0.2, 0.25) is 0 Å². The number of ether oxygens (including phenoxy) is 1. The molecule has 0 spiro atoms. The van der Waals surface area contributed by atoms with Crippen LogP contribution in [0.25, 0.3) is 0 Å². The topological polar surface area (TPSA) is 61.2 Å². The van der Waals surface area contributed by atoms with Gasteiger partial charge in [-0.15, -0.1) is 0 Å². The summed E-state index contributed by atoms with van der Waals surface area (Å²) >= 11 is 0. The van der Waals surface area contributed by atoms with Crippen molar-refractivity contribution >= 4 is 12.1 Å². The monoisotopic (exact) mass is 388 g/mol. The van der Waals surface area contributed by atoms with Gasteiger partial charge in [-0.2, -0.15) is 5.10 Å². The lowest BCUT2D eigenvalue weighted by Crippen LogP contribution is -2.21. The number of carbonyl (C=O) groups excluding carboxylic acids is 2. The fourth-order valence-electron chi connectivity index (χ4n) is 3.94. The molecule has 0 amide bonds. The highest BCUT2D eigenvalue weighted by Gasteiger charge is 2.23. The van der Waals surface area contributed by atoms with Gasteiger partial charge in [-0.05, 0) is 49.3 Å². The number of aromatic nitrogens is 2. The molecule has 1 aliphatic carbocycles. The molecule has 1 heterocycles. The Morgan fingerprint density at radius 1 is 1.21 bits per heavy atom. The largest absolute Gasteiger partial charge is 0.483 e. The molecule has 0 saturated carbocycles. The minimum atomic E-state index is -0.441. The van der Waals surface area contributed by atoms with E-state index in [-0.39, 0.29) is 5.78 Å². The summed E-state index contributed by atoms with van der Waals surface area (Å²) in [6.07, 6.45) is 6.74. The van der Waals surface area contributed by atoms with Gasteiger partial charge in [0.2, 0.25) is 0 Å². The Morgan fingerprint density at radius 3 is 2.83 bits per heavy atom. The zero-order valence-electron chi connectivity index (χ0n) is 16.5. The highest BCUT2D eigenvalue weighted by atomic mass is 16.5. The first kappa shape index (κ1) is 19.1. The first-order chi connectivity index (χ1) is 14.1. The van der Waals surface area contributed by atoms with Gasteiger partial charge in [0.25, 0.3) is 0 Å². The number of hydrogen-bond donors (Lipinski definition) is 0. The maximum atomic E-state index is 12.6. The molecule has 1 aliphatic rings. The van der Waals surface area contributed by atoms with Crippen LogP contribution in [0.15, 0.2) is 60.9 Å². The van der Waals surface area contributed by atoms with Gasteiger partial charge in [-0.3, -0.25) is 14.3 Å². The third-order valence-corrected chi connectivity index (χ3v) is 5.42. The minimum Gasteiger partial charge on any atom is -0.483 e. The minimum absolute atomic E-state index is 0.00284. The second-order valence-electron chi connectivity index (χ2n) is 7.61. The van der Waals surface area contributed by atoms with Crippen molar-refractivity contribution in [3.8, 4) is 5.75 Å². The maximum absolute atomic E-state index is 12.6. The number of rotatable bonds is 7. The molecule has 1 aromatic heterocycles. The molecular formula is C24H24N2O3. The van der Waals surface area contributed by atoms with Crippen molar-refractivity contribution in [2.75, 3.05) is 0 Å². The Kier molecular flexibility index (Phi) is 5.56. The molecule has 2 aromatic carbocycles. The summed E-state index contributed by atoms with van der Waals surface area (Å²) in [6.45, 7) is 2.53. The van der Waals surface area contributed by atoms with Crippen LogP contribution in [-0.2, 0) is 24.2 Å². The molecule has 5 nitrogen and oxygen atoms in total. The van der Waals surface area contributed by atoms with E-state index in [9.17, 15) is 9.59 Å². The standard InChI is InChI=1S/C24H24N2O3/c1-17(16-27)29-23-9-5-8-20-12-18(10-11-22(20)23)14-26-15-21(13-25-26)24(28)19-6-3-2-4-7-19/h2-9,13,15-18H,10-12,14H2,1H3. The van der Waals surface area contributed by atoms with Crippen molar-refractivity contribution in [1.82, 2.24) is 9.78 Å². The predicted molar refractivity (Wildman–Crippen MR) is 110 cm³/mol. The van der Waals surface area contributed by atoms with E-state index >= 15 is 0 Å². The Morgan fingerprint density at radius 2 is 2.03 bits per heavy atom. The number of aldehydes is 1. The summed E-state index contributed by atoms with van der Waals surface area (Å²) in [5.41, 5.74) is 3.77. The number of nitrogens with zero attached hydrogens (tertiary/aromatic N) is 2. The van der Waals surface area contributed by atoms with E-state index in [0.29, 0.717) is 17.0 Å². The molecule has 0 aliphatic heterocycles. The second-order valence-corrected chi connectivity index (χ2v) is 7.61. The Hall–Kier alpha value is -3.21. The van der Waals surface area contributed by atoms with Crippen LogP contribution in [0.1, 0.15) is 40.4 Å². The lowest BCUT2D eigenvalue weighted by Gasteiger charge is -2.26. The first-order valence-corrected chi connectivity index (χ1v) is 9.99. The van der Waals surface area contributed by atoms with Gasteiger partial charge in [0.05, 0.1) is 11.8 Å². The lowest BCUT2D eigenvalue weighted by atomic mass is 9.83. The molecule has 0 saturated heterocycles. The molecule has 29 heavy (non-hydrogen) atoms. The van der Waals surface area contributed by atoms with Crippen LogP contribution in [0.4, 0.5) is 0 Å². The van der Waals surface area contributed by atoms with Gasteiger partial charge in [0, 0.05) is 18.3 Å². The number of hydrogen-bond acceptors (Lipinski definition) is 4. The average Bonchev–Trinajstić information content (AvgIpc) is 3.22. The Bertz CT molecular complexity index is 1010. The number of benzene rings is 2. The molecule has 2 atom stereocenters. The fraction of sp³-hybridized carbons (Fsp3) is 0.292. The van der Waals surface area contributed by atoms with E-state index in [0.717, 1.165) is 37.8 Å². The third-order valence-electron chi connectivity index (χ3n) is 5.42. The van der Waals surface area contributed by atoms with Gasteiger partial charge < -0.3 is 4.74 Å². The van der Waals surface area contributed by atoms with E-state index in [1.54, 1.807) is 13.1 Å². The van der Waals surface area contributed by atoms with Crippen molar-refractivity contribution in [1.29, 1.82) is 0 Å². The van der Waals surface area contributed by atoms with Gasteiger partial charge in [0.15, 0.2) is 18.2 Å². The Labute approximate surface area is 170 Å². The maximum Gasteiger partial charge on any atom is 0.196 e. The van der Waals surface area contributed by atoms with Crippen molar-refractivity contribution in [2.45, 2.75) is 38.8 Å². The predicted octanol–water partition coefficient (Wildman–Crippen LogP) is 3.89.